The van der Waals surface area contributed by atoms with Gasteiger partial charge in [0.05, 0.1) is 7.11 Å². The van der Waals surface area contributed by atoms with Crippen molar-refractivity contribution in [1.29, 1.82) is 0 Å². The van der Waals surface area contributed by atoms with Gasteiger partial charge in [-0.2, -0.15) is 4.98 Å². The van der Waals surface area contributed by atoms with E-state index in [0.717, 1.165) is 28.4 Å². The summed E-state index contributed by atoms with van der Waals surface area (Å²) in [4.78, 5) is 16.4. The van der Waals surface area contributed by atoms with Crippen LogP contribution in [0, 0.1) is 0 Å². The Kier molecular flexibility index (Phi) is 5.60. The maximum absolute atomic E-state index is 12.1. The minimum absolute atomic E-state index is 0.0602. The molecule has 0 fully saturated rings. The van der Waals surface area contributed by atoms with Gasteiger partial charge in [-0.25, -0.2) is 0 Å². The number of carbonyl (C=O) groups is 1. The van der Waals surface area contributed by atoms with Crippen molar-refractivity contribution < 1.29 is 23.5 Å². The molecule has 0 atom stereocenters. The first kappa shape index (κ1) is 18.8. The number of rotatable bonds is 8. The van der Waals surface area contributed by atoms with Crippen molar-refractivity contribution in [2.24, 2.45) is 0 Å². The molecule has 4 rings (SSSR count). The SMILES string of the molecule is COc1ccc(-c2noc(CCC(=O)NCCc3ccc4c(c3)OCO4)n2)cc1. The summed E-state index contributed by atoms with van der Waals surface area (Å²) in [5, 5.41) is 6.88. The molecule has 29 heavy (non-hydrogen) atoms. The Morgan fingerprint density at radius 1 is 1.10 bits per heavy atom. The highest BCUT2D eigenvalue weighted by atomic mass is 16.7. The number of carbonyl (C=O) groups excluding carboxylic acids is 1. The molecule has 150 valence electrons. The maximum Gasteiger partial charge on any atom is 0.231 e. The Morgan fingerprint density at radius 2 is 1.93 bits per heavy atom. The Morgan fingerprint density at radius 3 is 2.76 bits per heavy atom. The van der Waals surface area contributed by atoms with E-state index in [4.69, 9.17) is 18.7 Å². The van der Waals surface area contributed by atoms with Gasteiger partial charge in [0.15, 0.2) is 11.5 Å². The van der Waals surface area contributed by atoms with Gasteiger partial charge in [-0.15, -0.1) is 0 Å². The van der Waals surface area contributed by atoms with Crippen molar-refractivity contribution in [3.8, 4) is 28.6 Å². The zero-order chi connectivity index (χ0) is 20.1. The van der Waals surface area contributed by atoms with Crippen molar-refractivity contribution in [2.75, 3.05) is 20.4 Å². The zero-order valence-corrected chi connectivity index (χ0v) is 16.0. The maximum atomic E-state index is 12.1. The number of nitrogens with zero attached hydrogens (tertiary/aromatic N) is 2. The van der Waals surface area contributed by atoms with Gasteiger partial charge in [0.1, 0.15) is 5.75 Å². The van der Waals surface area contributed by atoms with E-state index in [-0.39, 0.29) is 19.1 Å². The lowest BCUT2D eigenvalue weighted by Crippen LogP contribution is -2.25. The number of methoxy groups -OCH3 is 1. The number of ether oxygens (including phenoxy) is 3. The van der Waals surface area contributed by atoms with E-state index >= 15 is 0 Å². The Bertz CT molecular complexity index is 984. The van der Waals surface area contributed by atoms with Gasteiger partial charge < -0.3 is 24.1 Å². The number of amides is 1. The van der Waals surface area contributed by atoms with E-state index in [1.54, 1.807) is 7.11 Å². The lowest BCUT2D eigenvalue weighted by atomic mass is 10.1. The Hall–Kier alpha value is -3.55. The van der Waals surface area contributed by atoms with Gasteiger partial charge in [-0.05, 0) is 48.4 Å². The first-order chi connectivity index (χ1) is 14.2. The molecule has 0 bridgehead atoms. The Balaban J connectivity index is 1.22. The van der Waals surface area contributed by atoms with E-state index in [9.17, 15) is 4.79 Å². The van der Waals surface area contributed by atoms with Crippen LogP contribution in [0.25, 0.3) is 11.4 Å². The normalized spacial score (nSPS) is 12.0. The number of fused-ring (bicyclic) bond motifs is 1. The standard InChI is InChI=1S/C21H21N3O5/c1-26-16-5-3-15(4-6-16)21-23-20(29-24-21)9-8-19(25)22-11-10-14-2-7-17-18(12-14)28-13-27-17/h2-7,12H,8-11,13H2,1H3,(H,22,25). The highest BCUT2D eigenvalue weighted by Crippen LogP contribution is 2.32. The molecule has 0 saturated heterocycles. The van der Waals surface area contributed by atoms with E-state index < -0.39 is 0 Å². The number of aromatic nitrogens is 2. The third-order valence-electron chi connectivity index (χ3n) is 4.56. The predicted molar refractivity (Wildman–Crippen MR) is 104 cm³/mol. The lowest BCUT2D eigenvalue weighted by molar-refractivity contribution is -0.121. The van der Waals surface area contributed by atoms with E-state index in [0.29, 0.717) is 31.1 Å². The van der Waals surface area contributed by atoms with Crippen molar-refractivity contribution in [3.63, 3.8) is 0 Å². The Labute approximate surface area is 167 Å². The molecule has 1 aliphatic rings. The minimum Gasteiger partial charge on any atom is -0.497 e. The van der Waals surface area contributed by atoms with Crippen LogP contribution in [0.2, 0.25) is 0 Å². The second-order valence-electron chi connectivity index (χ2n) is 6.53. The fourth-order valence-corrected chi connectivity index (χ4v) is 2.97. The largest absolute Gasteiger partial charge is 0.497 e. The summed E-state index contributed by atoms with van der Waals surface area (Å²) in [7, 11) is 1.61. The highest BCUT2D eigenvalue weighted by Gasteiger charge is 2.14. The van der Waals surface area contributed by atoms with Gasteiger partial charge in [0.2, 0.25) is 24.4 Å². The summed E-state index contributed by atoms with van der Waals surface area (Å²) in [6.07, 6.45) is 1.38. The van der Waals surface area contributed by atoms with E-state index in [1.165, 1.54) is 0 Å². The molecular weight excluding hydrogens is 374 g/mol. The van der Waals surface area contributed by atoms with Crippen LogP contribution in [0.1, 0.15) is 17.9 Å². The van der Waals surface area contributed by atoms with Gasteiger partial charge in [0.25, 0.3) is 0 Å². The monoisotopic (exact) mass is 395 g/mol. The molecule has 1 amide bonds. The molecular formula is C21H21N3O5. The van der Waals surface area contributed by atoms with Gasteiger partial charge >= 0.3 is 0 Å². The second-order valence-corrected chi connectivity index (χ2v) is 6.53. The fourth-order valence-electron chi connectivity index (χ4n) is 2.97. The molecule has 0 saturated carbocycles. The number of aryl methyl sites for hydroxylation is 1. The number of hydrogen-bond donors (Lipinski definition) is 1. The molecule has 0 spiro atoms. The summed E-state index contributed by atoms with van der Waals surface area (Å²) in [6, 6.07) is 13.2. The number of nitrogens with one attached hydrogen (secondary N) is 1. The minimum atomic E-state index is -0.0602. The van der Waals surface area contributed by atoms with Crippen LogP contribution < -0.4 is 19.5 Å². The highest BCUT2D eigenvalue weighted by molar-refractivity contribution is 5.76. The molecule has 8 heteroatoms. The van der Waals surface area contributed by atoms with Crippen molar-refractivity contribution in [1.82, 2.24) is 15.5 Å². The molecule has 2 heterocycles. The van der Waals surface area contributed by atoms with Crippen molar-refractivity contribution in [3.05, 3.63) is 53.9 Å². The summed E-state index contributed by atoms with van der Waals surface area (Å²) in [6.45, 7) is 0.796. The molecule has 1 aromatic heterocycles. The van der Waals surface area contributed by atoms with Crippen LogP contribution in [-0.4, -0.2) is 36.5 Å². The van der Waals surface area contributed by atoms with Gasteiger partial charge in [-0.3, -0.25) is 4.79 Å². The molecule has 0 aliphatic carbocycles. The van der Waals surface area contributed by atoms with E-state index in [2.05, 4.69) is 15.5 Å². The number of benzene rings is 2. The van der Waals surface area contributed by atoms with Crippen LogP contribution in [0.15, 0.2) is 47.0 Å². The first-order valence-corrected chi connectivity index (χ1v) is 9.33. The first-order valence-electron chi connectivity index (χ1n) is 9.33. The number of hydrogen-bond acceptors (Lipinski definition) is 7. The molecule has 1 N–H and O–H groups in total. The molecule has 1 aliphatic heterocycles. The van der Waals surface area contributed by atoms with Crippen LogP contribution in [0.3, 0.4) is 0 Å². The average molecular weight is 395 g/mol. The summed E-state index contributed by atoms with van der Waals surface area (Å²) < 4.78 is 21.0. The topological polar surface area (TPSA) is 95.7 Å². The van der Waals surface area contributed by atoms with Crippen LogP contribution in [-0.2, 0) is 17.6 Å². The summed E-state index contributed by atoms with van der Waals surface area (Å²) in [5.41, 5.74) is 1.91. The predicted octanol–water partition coefficient (Wildman–Crippen LogP) is 2.77. The molecule has 8 nitrogen and oxygen atoms in total. The average Bonchev–Trinajstić information content (AvgIpc) is 3.41. The molecule has 3 aromatic rings. The molecule has 2 aromatic carbocycles. The quantitative estimate of drug-likeness (QED) is 0.626. The summed E-state index contributed by atoms with van der Waals surface area (Å²) >= 11 is 0. The van der Waals surface area contributed by atoms with Crippen LogP contribution >= 0.6 is 0 Å². The zero-order valence-electron chi connectivity index (χ0n) is 16.0. The smallest absolute Gasteiger partial charge is 0.231 e. The van der Waals surface area contributed by atoms with Crippen molar-refractivity contribution in [2.45, 2.75) is 19.3 Å². The van der Waals surface area contributed by atoms with Gasteiger partial charge in [-0.1, -0.05) is 11.2 Å². The molecule has 0 radical (unpaired) electrons. The van der Waals surface area contributed by atoms with Crippen LogP contribution in [0.4, 0.5) is 0 Å². The summed E-state index contributed by atoms with van der Waals surface area (Å²) in [5.74, 6) is 3.13. The van der Waals surface area contributed by atoms with Crippen LogP contribution in [0.5, 0.6) is 17.2 Å². The fraction of sp³-hybridized carbons (Fsp3) is 0.286. The van der Waals surface area contributed by atoms with Gasteiger partial charge in [0, 0.05) is 24.9 Å². The third-order valence-corrected chi connectivity index (χ3v) is 4.56. The third kappa shape index (κ3) is 4.66. The second kappa shape index (κ2) is 8.64. The van der Waals surface area contributed by atoms with E-state index in [1.807, 2.05) is 42.5 Å². The molecule has 0 unspecified atom stereocenters. The van der Waals surface area contributed by atoms with Crippen molar-refractivity contribution >= 4 is 5.91 Å². The lowest BCUT2D eigenvalue weighted by Gasteiger charge is -2.05.